The molecule has 16 rings (SSSR count). The third kappa shape index (κ3) is 13.6. The van der Waals surface area contributed by atoms with Gasteiger partial charge in [0.15, 0.2) is 51.8 Å². The predicted molar refractivity (Wildman–Crippen MR) is 376 cm³/mol. The maximum Gasteiger partial charge on any atom is 0.281 e. The molecule has 3 N–H and O–H groups in total. The summed E-state index contributed by atoms with van der Waals surface area (Å²) >= 11 is 0. The summed E-state index contributed by atoms with van der Waals surface area (Å²) in [5.41, 5.74) is 9.41. The number of nitrogens with one attached hydrogen (secondary N) is 1. The highest BCUT2D eigenvalue weighted by atomic mass is 32.2. The summed E-state index contributed by atoms with van der Waals surface area (Å²) in [6.45, 7) is 12.7. The van der Waals surface area contributed by atoms with Crippen LogP contribution in [0.2, 0.25) is 0 Å². The molecule has 0 amide bonds. The summed E-state index contributed by atoms with van der Waals surface area (Å²) in [5.74, 6) is -5.16. The van der Waals surface area contributed by atoms with Crippen LogP contribution < -0.4 is 37.5 Å². The normalized spacial score (nSPS) is 14.0. The molecular weight excluding hydrogens is 1390 g/mol. The van der Waals surface area contributed by atoms with Gasteiger partial charge in [0, 0.05) is 143 Å². The van der Waals surface area contributed by atoms with E-state index < -0.39 is 94.4 Å². The Kier molecular flexibility index (Phi) is 19.1. The Balaban J connectivity index is 0.000000128. The maximum atomic E-state index is 14.6. The van der Waals surface area contributed by atoms with E-state index in [9.17, 15) is 53.4 Å². The molecule has 0 radical (unpaired) electrons. The number of fused-ring (bicyclic) bond motifs is 9. The maximum absolute atomic E-state index is 14.6. The van der Waals surface area contributed by atoms with Crippen LogP contribution >= 0.6 is 0 Å². The number of halogens is 6. The van der Waals surface area contributed by atoms with Gasteiger partial charge in [0.2, 0.25) is 26.1 Å². The molecule has 11 heterocycles. The first-order chi connectivity index (χ1) is 49.3. The minimum absolute atomic E-state index is 0.00977. The fourth-order valence-electron chi connectivity index (χ4n) is 12.0. The lowest BCUT2D eigenvalue weighted by atomic mass is 10.1. The number of rotatable bonds is 9. The number of para-hydroxylation sites is 3. The summed E-state index contributed by atoms with van der Waals surface area (Å²) in [7, 11) is -0.877. The van der Waals surface area contributed by atoms with E-state index in [-0.39, 0.29) is 60.8 Å². The molecule has 0 saturated carbocycles. The molecule has 2 aliphatic heterocycles. The fraction of sp³-hybridized carbons (Fsp3) is 0.206. The Labute approximate surface area is 582 Å². The number of nitrogens with two attached hydrogens (primary N) is 1. The molecule has 0 aliphatic carbocycles. The number of likely N-dealkylation sites (N-methyl/N-ethyl adjacent to an activating group) is 2. The van der Waals surface area contributed by atoms with Gasteiger partial charge in [-0.3, -0.25) is 18.6 Å². The van der Waals surface area contributed by atoms with Crippen LogP contribution in [0.1, 0.15) is 11.1 Å². The number of nitrogens with zero attached hydrogens (tertiary/aromatic N) is 19. The van der Waals surface area contributed by atoms with E-state index in [1.807, 2.05) is 24.3 Å². The fourth-order valence-corrected chi connectivity index (χ4v) is 13.0. The van der Waals surface area contributed by atoms with Crippen molar-refractivity contribution < 1.29 is 39.0 Å². The number of nitrogen functional groups attached to an aromatic ring is 1. The summed E-state index contributed by atoms with van der Waals surface area (Å²) in [4.78, 5) is 85.4. The lowest BCUT2D eigenvalue weighted by Crippen LogP contribution is -2.44. The van der Waals surface area contributed by atoms with Crippen LogP contribution in [-0.4, -0.2) is 174 Å². The van der Waals surface area contributed by atoms with Crippen molar-refractivity contribution in [2.75, 3.05) is 99.8 Å². The minimum Gasteiger partial charge on any atom is -0.399 e. The van der Waals surface area contributed by atoms with Crippen LogP contribution in [0.15, 0.2) is 171 Å². The average molecular weight is 1450 g/mol. The molecule has 1 unspecified atom stereocenters. The van der Waals surface area contributed by atoms with Crippen molar-refractivity contribution in [2.45, 2.75) is 24.2 Å². The van der Waals surface area contributed by atoms with Crippen LogP contribution in [0.3, 0.4) is 0 Å². The highest BCUT2D eigenvalue weighted by Crippen LogP contribution is 2.29. The molecule has 5 aromatic carbocycles. The minimum atomic E-state index is -3.72. The molecule has 2 fully saturated rings. The molecule has 528 valence electrons. The third-order valence-corrected chi connectivity index (χ3v) is 18.7. The van der Waals surface area contributed by atoms with Crippen LogP contribution in [0.25, 0.3) is 66.7 Å². The Morgan fingerprint density at radius 3 is 1.26 bits per heavy atom. The molecule has 14 aromatic rings. The zero-order valence-electron chi connectivity index (χ0n) is 55.6. The van der Waals surface area contributed by atoms with E-state index >= 15 is 0 Å². The van der Waals surface area contributed by atoms with Crippen LogP contribution in [0, 0.1) is 48.8 Å². The second-order valence-corrected chi connectivity index (χ2v) is 27.3. The van der Waals surface area contributed by atoms with Gasteiger partial charge in [-0.2, -0.15) is 0 Å². The first-order valence-corrected chi connectivity index (χ1v) is 35.0. The van der Waals surface area contributed by atoms with Gasteiger partial charge in [-0.1, -0.05) is 18.2 Å². The lowest BCUT2D eigenvalue weighted by molar-refractivity contribution is 0.312. The van der Waals surface area contributed by atoms with Crippen molar-refractivity contribution in [1.29, 1.82) is 0 Å². The number of aryl methyl sites for hydroxylation is 2. The molecule has 0 spiro atoms. The standard InChI is InChI=1S/C26H24F2N8O.C15H9F2N5O3S.C15H9F2N5O2S.C12H19N3/c1-16-14-17(6-7-21(16)34-12-10-33(2)11-13-34)31-26-30-15-18-22(32-26)24-29-8-9-35(24)36(25(18)37)23-19(27)4-3-5-20(23)28;1-26(24,25)15-19-7-8-11(20-15)13-18-5-6-21(13)22(14(8)23)12-9(16)3-2-4-10(12)17;1-25(24)15-19-7-8-11(20-15)13-18-5-6-21(13)22(14(8)23)12-9(16)3-2-4-10(12)17;1-10-9-11(13)3-4-12(10)15-7-5-14(2)6-8-15/h3-9,14-15H,10-13H2,1-2H3,(H,30,31,32);2-7H,1H3;2-7H,1H3;3-4,9H,5-8,13H2,1-2H3. The molecule has 2 saturated heterocycles. The molecule has 1 atom stereocenters. The van der Waals surface area contributed by atoms with Gasteiger partial charge in [0.1, 0.15) is 33.6 Å². The largest absolute Gasteiger partial charge is 0.399 e. The van der Waals surface area contributed by atoms with Crippen molar-refractivity contribution in [3.8, 4) is 17.1 Å². The Bertz CT molecular complexity index is 5950. The van der Waals surface area contributed by atoms with Crippen molar-refractivity contribution >= 4 is 99.0 Å². The second-order valence-electron chi connectivity index (χ2n) is 24.1. The van der Waals surface area contributed by atoms with Gasteiger partial charge in [-0.15, -0.1) is 0 Å². The molecule has 27 nitrogen and oxygen atoms in total. The average Bonchev–Trinajstić information content (AvgIpc) is 1.73. The molecular formula is C68H61F6N21O6S2. The van der Waals surface area contributed by atoms with Gasteiger partial charge in [-0.05, 0) is 112 Å². The monoisotopic (exact) mass is 1450 g/mol. The Morgan fingerprint density at radius 1 is 0.485 bits per heavy atom. The number of imidazole rings is 3. The van der Waals surface area contributed by atoms with Crippen molar-refractivity contribution in [3.63, 3.8) is 0 Å². The highest BCUT2D eigenvalue weighted by Gasteiger charge is 2.26. The van der Waals surface area contributed by atoms with Gasteiger partial charge < -0.3 is 30.7 Å². The summed E-state index contributed by atoms with van der Waals surface area (Å²) in [5, 5.41) is 2.73. The van der Waals surface area contributed by atoms with E-state index in [0.717, 1.165) is 137 Å². The van der Waals surface area contributed by atoms with Gasteiger partial charge in [0.25, 0.3) is 16.7 Å². The van der Waals surface area contributed by atoms with Gasteiger partial charge in [0.05, 0.1) is 27.0 Å². The second kappa shape index (κ2) is 28.3. The van der Waals surface area contributed by atoms with Crippen LogP contribution in [-0.2, 0) is 20.6 Å². The zero-order chi connectivity index (χ0) is 72.9. The van der Waals surface area contributed by atoms with E-state index in [4.69, 9.17) is 5.73 Å². The number of hydrogen-bond acceptors (Lipinski definition) is 21. The van der Waals surface area contributed by atoms with E-state index in [1.54, 1.807) is 0 Å². The van der Waals surface area contributed by atoms with E-state index in [1.165, 1.54) is 100.0 Å². The highest BCUT2D eigenvalue weighted by molar-refractivity contribution is 7.90. The quantitative estimate of drug-likeness (QED) is 0.0808. The number of anilines is 5. The van der Waals surface area contributed by atoms with Crippen LogP contribution in [0.4, 0.5) is 55.0 Å². The van der Waals surface area contributed by atoms with Crippen LogP contribution in [0.5, 0.6) is 0 Å². The van der Waals surface area contributed by atoms with E-state index in [2.05, 4.69) is 110 Å². The number of benzene rings is 5. The Morgan fingerprint density at radius 2 is 0.864 bits per heavy atom. The molecule has 35 heteroatoms. The SMILES string of the molecule is CS(=O)(=O)c1ncc2c(=O)n(-c3c(F)cccc3F)n3ccnc3c2n1.CS(=O)c1ncc2c(=O)n(-c3c(F)cccc3F)n3ccnc3c2n1.Cc1cc(N)ccc1N1CCN(C)CC1.Cc1cc(Nc2ncc3c(=O)n(-c4c(F)cccc4F)n4ccnc4c3n2)ccc1N1CCN(C)CC1. The molecule has 9 aromatic heterocycles. The van der Waals surface area contributed by atoms with Gasteiger partial charge in [-0.25, -0.2) is 107 Å². The Hall–Kier alpha value is -11.8. The lowest BCUT2D eigenvalue weighted by Gasteiger charge is -2.35. The molecule has 103 heavy (non-hydrogen) atoms. The van der Waals surface area contributed by atoms with Crippen molar-refractivity contribution in [1.82, 2.24) is 82.2 Å². The van der Waals surface area contributed by atoms with Crippen molar-refractivity contribution in [3.05, 3.63) is 224 Å². The number of sulfone groups is 1. The third-order valence-electron chi connectivity index (χ3n) is 17.1. The number of piperazine rings is 2. The number of aromatic nitrogens is 15. The predicted octanol–water partition coefficient (Wildman–Crippen LogP) is 7.39. The first kappa shape index (κ1) is 69.7. The first-order valence-electron chi connectivity index (χ1n) is 31.6. The molecule has 2 aliphatic rings. The zero-order valence-corrected chi connectivity index (χ0v) is 57.3. The number of hydrogen-bond donors (Lipinski definition) is 2. The summed E-state index contributed by atoms with van der Waals surface area (Å²) in [6, 6.07) is 22.2. The summed E-state index contributed by atoms with van der Waals surface area (Å²) < 4.78 is 127. The van der Waals surface area contributed by atoms with E-state index in [0.29, 0.717) is 0 Å². The topological polar surface area (TPSA) is 297 Å². The summed E-state index contributed by atoms with van der Waals surface area (Å²) in [6.07, 6.45) is 14.1. The molecule has 0 bridgehead atoms. The van der Waals surface area contributed by atoms with Crippen molar-refractivity contribution in [2.24, 2.45) is 0 Å². The smallest absolute Gasteiger partial charge is 0.281 e. The van der Waals surface area contributed by atoms with Gasteiger partial charge >= 0.3 is 0 Å².